The van der Waals surface area contributed by atoms with E-state index in [1.807, 2.05) is 26.4 Å². The summed E-state index contributed by atoms with van der Waals surface area (Å²) in [6.07, 6.45) is 14.1. The van der Waals surface area contributed by atoms with E-state index in [4.69, 9.17) is 4.74 Å². The molecule has 1 fully saturated rings. The highest BCUT2D eigenvalue weighted by Crippen LogP contribution is 2.42. The number of aryl methyl sites for hydroxylation is 1. The predicted molar refractivity (Wildman–Crippen MR) is 161 cm³/mol. The van der Waals surface area contributed by atoms with Crippen LogP contribution in [0.25, 0.3) is 21.1 Å². The Labute approximate surface area is 239 Å². The largest absolute Gasteiger partial charge is 0.490 e. The van der Waals surface area contributed by atoms with Crippen molar-refractivity contribution in [2.24, 2.45) is 11.8 Å². The van der Waals surface area contributed by atoms with Crippen molar-refractivity contribution in [3.63, 3.8) is 0 Å². The molecule has 9 nitrogen and oxygen atoms in total. The Morgan fingerprint density at radius 1 is 1.15 bits per heavy atom. The molecular formula is C30H39N7O2S. The second kappa shape index (κ2) is 12.1. The van der Waals surface area contributed by atoms with Crippen LogP contribution in [-0.4, -0.2) is 64.8 Å². The first-order valence-corrected chi connectivity index (χ1v) is 15.4. The highest BCUT2D eigenvalue weighted by molar-refractivity contribution is 7.19. The minimum Gasteiger partial charge on any atom is -0.490 e. The van der Waals surface area contributed by atoms with Crippen molar-refractivity contribution in [1.82, 2.24) is 30.4 Å². The molecular weight excluding hydrogens is 522 g/mol. The van der Waals surface area contributed by atoms with E-state index in [0.717, 1.165) is 76.6 Å². The van der Waals surface area contributed by atoms with Crippen LogP contribution >= 0.6 is 11.3 Å². The first-order valence-electron chi connectivity index (χ1n) is 14.6. The maximum atomic E-state index is 12.6. The maximum Gasteiger partial charge on any atom is 0.225 e. The smallest absolute Gasteiger partial charge is 0.225 e. The number of ether oxygens (including phenoxy) is 1. The molecule has 40 heavy (non-hydrogen) atoms. The Bertz CT molecular complexity index is 1470. The van der Waals surface area contributed by atoms with Crippen LogP contribution in [0.15, 0.2) is 24.7 Å². The summed E-state index contributed by atoms with van der Waals surface area (Å²) in [6, 6.07) is 4.06. The SMILES string of the molecule is CN(C)C(=O)C1CCc2c(sc3ncnc(Nc4cc5cn[nH]c5cc4OCCNCCC4CCCCC4)c23)C1. The number of nitrogens with one attached hydrogen (secondary N) is 3. The van der Waals surface area contributed by atoms with Crippen molar-refractivity contribution in [3.8, 4) is 5.75 Å². The van der Waals surface area contributed by atoms with Crippen LogP contribution in [0.3, 0.4) is 0 Å². The number of aromatic amines is 1. The standard InChI is InChI=1S/C30H39N7O2S/c1-37(2)30(38)20-8-9-22-26(15-20)40-29-27(22)28(32-18-33-29)35-24-14-21-17-34-36-23(21)16-25(24)39-13-12-31-11-10-19-6-4-3-5-7-19/h14,16-20,31H,3-13,15H2,1-2H3,(H,34,36)(H,32,33,35). The summed E-state index contributed by atoms with van der Waals surface area (Å²) < 4.78 is 6.29. The molecule has 0 radical (unpaired) electrons. The number of carbonyl (C=O) groups is 1. The molecule has 3 N–H and O–H groups in total. The van der Waals surface area contributed by atoms with Gasteiger partial charge in [-0.25, -0.2) is 9.97 Å². The molecule has 3 aromatic heterocycles. The minimum atomic E-state index is 0.0275. The van der Waals surface area contributed by atoms with E-state index in [1.54, 1.807) is 22.6 Å². The zero-order valence-corrected chi connectivity index (χ0v) is 24.3. The van der Waals surface area contributed by atoms with E-state index in [0.29, 0.717) is 6.61 Å². The summed E-state index contributed by atoms with van der Waals surface area (Å²) in [5, 5.41) is 16.5. The van der Waals surface area contributed by atoms with E-state index in [1.165, 1.54) is 49.0 Å². The van der Waals surface area contributed by atoms with Gasteiger partial charge in [0.2, 0.25) is 5.91 Å². The Balaban J connectivity index is 1.17. The highest BCUT2D eigenvalue weighted by Gasteiger charge is 2.30. The van der Waals surface area contributed by atoms with Gasteiger partial charge < -0.3 is 20.3 Å². The number of anilines is 2. The molecule has 10 heteroatoms. The predicted octanol–water partition coefficient (Wildman–Crippen LogP) is 5.44. The summed E-state index contributed by atoms with van der Waals surface area (Å²) in [6.45, 7) is 2.42. The third kappa shape index (κ3) is 5.78. The van der Waals surface area contributed by atoms with Crippen molar-refractivity contribution >= 4 is 49.9 Å². The van der Waals surface area contributed by atoms with Gasteiger partial charge in [0.15, 0.2) is 0 Å². The second-order valence-corrected chi connectivity index (χ2v) is 12.5. The van der Waals surface area contributed by atoms with Gasteiger partial charge in [-0.1, -0.05) is 32.1 Å². The van der Waals surface area contributed by atoms with Crippen LogP contribution in [0.1, 0.15) is 55.4 Å². The highest BCUT2D eigenvalue weighted by atomic mass is 32.1. The maximum absolute atomic E-state index is 12.6. The normalized spacial score (nSPS) is 17.7. The number of aromatic nitrogens is 4. The monoisotopic (exact) mass is 561 g/mol. The third-order valence-electron chi connectivity index (χ3n) is 8.42. The van der Waals surface area contributed by atoms with Gasteiger partial charge in [0.1, 0.15) is 29.3 Å². The Morgan fingerprint density at radius 3 is 2.88 bits per heavy atom. The molecule has 1 atom stereocenters. The fraction of sp³-hybridized carbons (Fsp3) is 0.533. The number of carbonyl (C=O) groups excluding carboxylic acids is 1. The number of fused-ring (bicyclic) bond motifs is 4. The third-order valence-corrected chi connectivity index (χ3v) is 9.58. The van der Waals surface area contributed by atoms with Gasteiger partial charge in [0.05, 0.1) is 22.8 Å². The Kier molecular flexibility index (Phi) is 8.15. The number of nitrogens with zero attached hydrogens (tertiary/aromatic N) is 4. The van der Waals surface area contributed by atoms with Crippen LogP contribution < -0.4 is 15.4 Å². The molecule has 0 aliphatic heterocycles. The second-order valence-electron chi connectivity index (χ2n) is 11.4. The number of H-pyrrole nitrogens is 1. The fourth-order valence-corrected chi connectivity index (χ4v) is 7.50. The van der Waals surface area contributed by atoms with E-state index in [-0.39, 0.29) is 11.8 Å². The van der Waals surface area contributed by atoms with Crippen LogP contribution in [0.2, 0.25) is 0 Å². The Morgan fingerprint density at radius 2 is 2.02 bits per heavy atom. The van der Waals surface area contributed by atoms with Gasteiger partial charge in [-0.2, -0.15) is 5.10 Å². The number of hydrogen-bond donors (Lipinski definition) is 3. The van der Waals surface area contributed by atoms with Gasteiger partial charge in [-0.3, -0.25) is 9.89 Å². The topological polar surface area (TPSA) is 108 Å². The van der Waals surface area contributed by atoms with Crippen molar-refractivity contribution in [1.29, 1.82) is 0 Å². The number of hydrogen-bond acceptors (Lipinski definition) is 8. The molecule has 1 unspecified atom stereocenters. The molecule has 1 amide bonds. The lowest BCUT2D eigenvalue weighted by atomic mass is 9.87. The van der Waals surface area contributed by atoms with Crippen LogP contribution in [0.4, 0.5) is 11.5 Å². The molecule has 0 saturated heterocycles. The van der Waals surface area contributed by atoms with Crippen molar-refractivity contribution < 1.29 is 9.53 Å². The van der Waals surface area contributed by atoms with E-state index in [2.05, 4.69) is 36.9 Å². The summed E-state index contributed by atoms with van der Waals surface area (Å²) in [5.41, 5.74) is 3.05. The lowest BCUT2D eigenvalue weighted by Gasteiger charge is -2.24. The quantitative estimate of drug-likeness (QED) is 0.221. The van der Waals surface area contributed by atoms with E-state index in [9.17, 15) is 4.79 Å². The van der Waals surface area contributed by atoms with Crippen LogP contribution in [-0.2, 0) is 17.6 Å². The molecule has 2 aliphatic rings. The number of amides is 1. The average Bonchev–Trinajstić information content (AvgIpc) is 3.58. The molecule has 0 spiro atoms. The first-order chi connectivity index (χ1) is 19.6. The van der Waals surface area contributed by atoms with E-state index < -0.39 is 0 Å². The summed E-state index contributed by atoms with van der Waals surface area (Å²) >= 11 is 1.68. The number of thiophene rings is 1. The van der Waals surface area contributed by atoms with Gasteiger partial charge in [0, 0.05) is 42.9 Å². The van der Waals surface area contributed by atoms with Gasteiger partial charge in [-0.05, 0) is 49.8 Å². The van der Waals surface area contributed by atoms with Gasteiger partial charge in [-0.15, -0.1) is 11.3 Å². The van der Waals surface area contributed by atoms with Gasteiger partial charge >= 0.3 is 0 Å². The zero-order chi connectivity index (χ0) is 27.5. The van der Waals surface area contributed by atoms with Crippen LogP contribution in [0.5, 0.6) is 5.75 Å². The summed E-state index contributed by atoms with van der Waals surface area (Å²) in [5.74, 6) is 2.65. The summed E-state index contributed by atoms with van der Waals surface area (Å²) in [7, 11) is 3.67. The van der Waals surface area contributed by atoms with Crippen molar-refractivity contribution in [2.75, 3.05) is 39.1 Å². The lowest BCUT2D eigenvalue weighted by Crippen LogP contribution is -2.32. The first kappa shape index (κ1) is 27.0. The number of benzene rings is 1. The molecule has 6 rings (SSSR count). The fourth-order valence-electron chi connectivity index (χ4n) is 6.24. The molecule has 212 valence electrons. The average molecular weight is 562 g/mol. The lowest BCUT2D eigenvalue weighted by molar-refractivity contribution is -0.133. The molecule has 0 bridgehead atoms. The molecule has 2 aliphatic carbocycles. The Hall–Kier alpha value is -3.24. The minimum absolute atomic E-state index is 0.0275. The van der Waals surface area contributed by atoms with Crippen molar-refractivity contribution in [2.45, 2.75) is 57.8 Å². The number of rotatable bonds is 10. The van der Waals surface area contributed by atoms with Crippen molar-refractivity contribution in [3.05, 3.63) is 35.1 Å². The molecule has 1 saturated carbocycles. The molecule has 3 heterocycles. The summed E-state index contributed by atoms with van der Waals surface area (Å²) in [4.78, 5) is 25.8. The molecule has 1 aromatic carbocycles. The zero-order valence-electron chi connectivity index (χ0n) is 23.5. The van der Waals surface area contributed by atoms with E-state index >= 15 is 0 Å². The van der Waals surface area contributed by atoms with Crippen LogP contribution in [0, 0.1) is 11.8 Å². The van der Waals surface area contributed by atoms with Gasteiger partial charge in [0.25, 0.3) is 0 Å². The molecule has 4 aromatic rings.